The number of hydrogen-bond acceptors (Lipinski definition) is 4. The summed E-state index contributed by atoms with van der Waals surface area (Å²) in [6, 6.07) is 9.40. The molecule has 1 heterocycles. The molecular formula is C17H21NO3S. The first-order valence-corrected chi connectivity index (χ1v) is 8.10. The van der Waals surface area contributed by atoms with Crippen LogP contribution in [0.1, 0.15) is 27.0 Å². The number of hydrogen-bond donors (Lipinski definition) is 1. The normalized spacial score (nSPS) is 10.3. The summed E-state index contributed by atoms with van der Waals surface area (Å²) >= 11 is 1.56. The molecule has 0 aliphatic carbocycles. The molecule has 0 saturated heterocycles. The summed E-state index contributed by atoms with van der Waals surface area (Å²) in [5, 5.41) is 2.88. The molecule has 0 bridgehead atoms. The third kappa shape index (κ3) is 4.01. The first-order valence-electron chi connectivity index (χ1n) is 7.29. The maximum absolute atomic E-state index is 12.1. The number of para-hydroxylation sites is 2. The van der Waals surface area contributed by atoms with E-state index in [4.69, 9.17) is 9.47 Å². The fourth-order valence-electron chi connectivity index (χ4n) is 2.13. The molecule has 0 unspecified atom stereocenters. The molecule has 0 saturated carbocycles. The summed E-state index contributed by atoms with van der Waals surface area (Å²) in [5.74, 6) is 1.33. The van der Waals surface area contributed by atoms with E-state index < -0.39 is 0 Å². The number of thiophene rings is 1. The lowest BCUT2D eigenvalue weighted by molar-refractivity contribution is 0.0951. The monoisotopic (exact) mass is 319 g/mol. The molecule has 4 nitrogen and oxygen atoms in total. The van der Waals surface area contributed by atoms with Crippen LogP contribution in [0, 0.1) is 6.92 Å². The molecule has 118 valence electrons. The van der Waals surface area contributed by atoms with E-state index in [0.717, 1.165) is 11.3 Å². The largest absolute Gasteiger partial charge is 0.493 e. The minimum absolute atomic E-state index is 0.0450. The lowest BCUT2D eigenvalue weighted by Crippen LogP contribution is -2.27. The average molecular weight is 319 g/mol. The fraction of sp³-hybridized carbons (Fsp3) is 0.353. The molecule has 1 aromatic heterocycles. The Morgan fingerprint density at radius 2 is 2.00 bits per heavy atom. The maximum atomic E-state index is 12.1. The number of ether oxygens (including phenoxy) is 2. The van der Waals surface area contributed by atoms with Crippen LogP contribution >= 0.6 is 11.3 Å². The standard InChI is InChI=1S/C17H21NO3S/c1-4-15-12(2)11-16(22-15)17(19)18-9-10-21-14-8-6-5-7-13(14)20-3/h5-8,11H,4,9-10H2,1-3H3,(H,18,19). The summed E-state index contributed by atoms with van der Waals surface area (Å²) < 4.78 is 10.8. The Balaban J connectivity index is 1.82. The Kier molecular flexibility index (Phi) is 5.83. The van der Waals surface area contributed by atoms with Crippen LogP contribution in [-0.2, 0) is 6.42 Å². The van der Waals surface area contributed by atoms with E-state index in [1.54, 1.807) is 18.4 Å². The van der Waals surface area contributed by atoms with Crippen molar-refractivity contribution >= 4 is 17.2 Å². The van der Waals surface area contributed by atoms with Gasteiger partial charge in [-0.05, 0) is 37.1 Å². The van der Waals surface area contributed by atoms with Crippen LogP contribution in [0.3, 0.4) is 0 Å². The van der Waals surface area contributed by atoms with Crippen LogP contribution in [-0.4, -0.2) is 26.2 Å². The number of methoxy groups -OCH3 is 1. The predicted molar refractivity (Wildman–Crippen MR) is 89.3 cm³/mol. The van der Waals surface area contributed by atoms with Crippen LogP contribution in [0.2, 0.25) is 0 Å². The van der Waals surface area contributed by atoms with Crippen molar-refractivity contribution < 1.29 is 14.3 Å². The van der Waals surface area contributed by atoms with Gasteiger partial charge in [0.2, 0.25) is 0 Å². The lowest BCUT2D eigenvalue weighted by atomic mass is 10.2. The van der Waals surface area contributed by atoms with Gasteiger partial charge in [-0.3, -0.25) is 4.79 Å². The second-order valence-corrected chi connectivity index (χ2v) is 5.96. The molecule has 2 rings (SSSR count). The first-order chi connectivity index (χ1) is 10.7. The number of rotatable bonds is 7. The highest BCUT2D eigenvalue weighted by atomic mass is 32.1. The summed E-state index contributed by atoms with van der Waals surface area (Å²) in [7, 11) is 1.61. The van der Waals surface area contributed by atoms with E-state index in [1.165, 1.54) is 10.4 Å². The quantitative estimate of drug-likeness (QED) is 0.795. The van der Waals surface area contributed by atoms with Crippen molar-refractivity contribution in [1.29, 1.82) is 0 Å². The van der Waals surface area contributed by atoms with Gasteiger partial charge in [0.05, 0.1) is 18.5 Å². The van der Waals surface area contributed by atoms with Gasteiger partial charge in [0.25, 0.3) is 5.91 Å². The SMILES string of the molecule is CCc1sc(C(=O)NCCOc2ccccc2OC)cc1C. The molecule has 0 spiro atoms. The Morgan fingerprint density at radius 1 is 1.27 bits per heavy atom. The number of amides is 1. The summed E-state index contributed by atoms with van der Waals surface area (Å²) in [4.78, 5) is 14.1. The molecule has 1 amide bonds. The molecule has 1 N–H and O–H groups in total. The second kappa shape index (κ2) is 7.84. The van der Waals surface area contributed by atoms with Gasteiger partial charge >= 0.3 is 0 Å². The smallest absolute Gasteiger partial charge is 0.261 e. The summed E-state index contributed by atoms with van der Waals surface area (Å²) in [6.07, 6.45) is 0.959. The molecule has 0 fully saturated rings. The number of aryl methyl sites for hydroxylation is 2. The molecule has 1 aromatic carbocycles. The number of carbonyl (C=O) groups is 1. The van der Waals surface area contributed by atoms with Crippen molar-refractivity contribution in [2.24, 2.45) is 0 Å². The molecular weight excluding hydrogens is 298 g/mol. The van der Waals surface area contributed by atoms with E-state index in [1.807, 2.05) is 37.3 Å². The number of nitrogens with one attached hydrogen (secondary N) is 1. The Hall–Kier alpha value is -2.01. The number of benzene rings is 1. The maximum Gasteiger partial charge on any atom is 0.261 e. The second-order valence-electron chi connectivity index (χ2n) is 4.83. The highest BCUT2D eigenvalue weighted by Crippen LogP contribution is 2.25. The molecule has 0 atom stereocenters. The molecule has 22 heavy (non-hydrogen) atoms. The van der Waals surface area contributed by atoms with Gasteiger partial charge in [0.1, 0.15) is 6.61 Å². The number of carbonyl (C=O) groups excluding carboxylic acids is 1. The third-order valence-electron chi connectivity index (χ3n) is 3.28. The summed E-state index contributed by atoms with van der Waals surface area (Å²) in [5.41, 5.74) is 1.18. The van der Waals surface area contributed by atoms with Gasteiger partial charge in [0.15, 0.2) is 11.5 Å². The highest BCUT2D eigenvalue weighted by Gasteiger charge is 2.11. The van der Waals surface area contributed by atoms with Gasteiger partial charge in [-0.2, -0.15) is 0 Å². The zero-order chi connectivity index (χ0) is 15.9. The molecule has 0 aliphatic heterocycles. The van der Waals surface area contributed by atoms with Crippen molar-refractivity contribution in [2.75, 3.05) is 20.3 Å². The fourth-order valence-corrected chi connectivity index (χ4v) is 3.16. The van der Waals surface area contributed by atoms with E-state index in [0.29, 0.717) is 24.7 Å². The Bertz CT molecular complexity index is 637. The molecule has 0 aliphatic rings. The van der Waals surface area contributed by atoms with Gasteiger partial charge in [-0.1, -0.05) is 19.1 Å². The van der Waals surface area contributed by atoms with Crippen molar-refractivity contribution in [3.8, 4) is 11.5 Å². The minimum atomic E-state index is -0.0450. The zero-order valence-electron chi connectivity index (χ0n) is 13.1. The van der Waals surface area contributed by atoms with Crippen LogP contribution in [0.15, 0.2) is 30.3 Å². The molecule has 5 heteroatoms. The Labute approximate surface area is 135 Å². The average Bonchev–Trinajstić information content (AvgIpc) is 2.92. The topological polar surface area (TPSA) is 47.6 Å². The van der Waals surface area contributed by atoms with Gasteiger partial charge in [-0.15, -0.1) is 11.3 Å². The van der Waals surface area contributed by atoms with Crippen molar-refractivity contribution in [1.82, 2.24) is 5.32 Å². The van der Waals surface area contributed by atoms with E-state index in [2.05, 4.69) is 12.2 Å². The van der Waals surface area contributed by atoms with Crippen molar-refractivity contribution in [2.45, 2.75) is 20.3 Å². The van der Waals surface area contributed by atoms with Gasteiger partial charge in [0, 0.05) is 4.88 Å². The summed E-state index contributed by atoms with van der Waals surface area (Å²) in [6.45, 7) is 4.99. The van der Waals surface area contributed by atoms with E-state index in [-0.39, 0.29) is 5.91 Å². The van der Waals surface area contributed by atoms with Crippen molar-refractivity contribution in [3.63, 3.8) is 0 Å². The van der Waals surface area contributed by atoms with E-state index in [9.17, 15) is 4.79 Å². The van der Waals surface area contributed by atoms with Crippen LogP contribution in [0.25, 0.3) is 0 Å². The predicted octanol–water partition coefficient (Wildman–Crippen LogP) is 3.44. The van der Waals surface area contributed by atoms with Crippen LogP contribution in [0.5, 0.6) is 11.5 Å². The highest BCUT2D eigenvalue weighted by molar-refractivity contribution is 7.14. The van der Waals surface area contributed by atoms with Crippen molar-refractivity contribution in [3.05, 3.63) is 45.6 Å². The first kappa shape index (κ1) is 16.4. The molecule has 0 radical (unpaired) electrons. The third-order valence-corrected chi connectivity index (χ3v) is 4.66. The lowest BCUT2D eigenvalue weighted by Gasteiger charge is -2.10. The van der Waals surface area contributed by atoms with Gasteiger partial charge in [-0.25, -0.2) is 0 Å². The molecule has 2 aromatic rings. The minimum Gasteiger partial charge on any atom is -0.493 e. The van der Waals surface area contributed by atoms with Gasteiger partial charge < -0.3 is 14.8 Å². The Morgan fingerprint density at radius 3 is 2.64 bits per heavy atom. The van der Waals surface area contributed by atoms with Crippen LogP contribution in [0.4, 0.5) is 0 Å². The van der Waals surface area contributed by atoms with E-state index >= 15 is 0 Å². The van der Waals surface area contributed by atoms with Crippen LogP contribution < -0.4 is 14.8 Å². The zero-order valence-corrected chi connectivity index (χ0v) is 14.0.